The number of aromatic hydroxyl groups is 1. The molecule has 1 aliphatic rings. The second-order valence-corrected chi connectivity index (χ2v) is 4.91. The van der Waals surface area contributed by atoms with Gasteiger partial charge in [-0.2, -0.15) is 0 Å². The van der Waals surface area contributed by atoms with Gasteiger partial charge in [-0.15, -0.1) is 0 Å². The van der Waals surface area contributed by atoms with E-state index in [-0.39, 0.29) is 23.1 Å². The Hall–Kier alpha value is -2.69. The number of carbonyl (C=O) groups excluding carboxylic acids is 3. The Balaban J connectivity index is 2.55. The van der Waals surface area contributed by atoms with Crippen molar-refractivity contribution in [2.24, 2.45) is 0 Å². The monoisotopic (exact) mass is 285 g/mol. The average Bonchev–Trinajstić information content (AvgIpc) is 2.38. The molecule has 21 heavy (non-hydrogen) atoms. The number of anilines is 1. The number of hydrogen-bond acceptors (Lipinski definition) is 4. The highest BCUT2D eigenvalue weighted by Gasteiger charge is 2.27. The van der Waals surface area contributed by atoms with E-state index in [1.165, 1.54) is 42.2 Å². The van der Waals surface area contributed by atoms with Crippen molar-refractivity contribution in [2.75, 3.05) is 4.90 Å². The number of benzene rings is 1. The van der Waals surface area contributed by atoms with E-state index in [0.29, 0.717) is 16.8 Å². The van der Waals surface area contributed by atoms with Crippen LogP contribution in [0.5, 0.6) is 5.75 Å². The number of hydrogen-bond donors (Lipinski definition) is 1. The lowest BCUT2D eigenvalue weighted by atomic mass is 10.0. The number of phenols is 1. The first-order valence-corrected chi connectivity index (χ1v) is 6.40. The van der Waals surface area contributed by atoms with Crippen molar-refractivity contribution in [2.45, 2.75) is 20.8 Å². The Kier molecular flexibility index (Phi) is 3.76. The molecule has 0 spiro atoms. The van der Waals surface area contributed by atoms with Crippen molar-refractivity contribution in [3.05, 3.63) is 47.2 Å². The van der Waals surface area contributed by atoms with Crippen molar-refractivity contribution in [1.82, 2.24) is 0 Å². The van der Waals surface area contributed by atoms with E-state index in [0.717, 1.165) is 0 Å². The van der Waals surface area contributed by atoms with Crippen LogP contribution in [0.15, 0.2) is 41.6 Å². The van der Waals surface area contributed by atoms with Gasteiger partial charge in [-0.25, -0.2) is 0 Å². The van der Waals surface area contributed by atoms with Gasteiger partial charge < -0.3 is 5.11 Å². The smallest absolute Gasteiger partial charge is 0.228 e. The number of allylic oxidation sites excluding steroid dienone is 3. The van der Waals surface area contributed by atoms with Gasteiger partial charge in [0.2, 0.25) is 11.7 Å². The molecular weight excluding hydrogens is 270 g/mol. The molecular formula is C16H15NO4. The summed E-state index contributed by atoms with van der Waals surface area (Å²) in [5.74, 6) is -1.01. The molecule has 0 saturated carbocycles. The van der Waals surface area contributed by atoms with Crippen LogP contribution in [0.2, 0.25) is 0 Å². The molecule has 0 atom stereocenters. The second-order valence-electron chi connectivity index (χ2n) is 4.91. The summed E-state index contributed by atoms with van der Waals surface area (Å²) in [6, 6.07) is 4.45. The number of phenolic OH excluding ortho intramolecular Hbond substituents is 1. The van der Waals surface area contributed by atoms with Crippen LogP contribution >= 0.6 is 0 Å². The first kappa shape index (κ1) is 14.7. The van der Waals surface area contributed by atoms with Crippen molar-refractivity contribution in [3.8, 4) is 5.75 Å². The van der Waals surface area contributed by atoms with Gasteiger partial charge in [-0.3, -0.25) is 19.3 Å². The number of carbonyl (C=O) groups is 3. The van der Waals surface area contributed by atoms with Crippen molar-refractivity contribution >= 4 is 23.2 Å². The van der Waals surface area contributed by atoms with Gasteiger partial charge in [0.05, 0.1) is 5.69 Å². The van der Waals surface area contributed by atoms with E-state index in [9.17, 15) is 19.5 Å². The highest BCUT2D eigenvalue weighted by molar-refractivity contribution is 6.23. The molecule has 0 aliphatic heterocycles. The lowest BCUT2D eigenvalue weighted by molar-refractivity contribution is -0.118. The van der Waals surface area contributed by atoms with Crippen molar-refractivity contribution in [3.63, 3.8) is 0 Å². The number of ketones is 2. The molecule has 0 heterocycles. The first-order chi connectivity index (χ1) is 9.81. The quantitative estimate of drug-likeness (QED) is 0.844. The Morgan fingerprint density at radius 3 is 2.33 bits per heavy atom. The molecule has 1 amide bonds. The van der Waals surface area contributed by atoms with Gasteiger partial charge in [0, 0.05) is 18.6 Å². The summed E-state index contributed by atoms with van der Waals surface area (Å²) in [7, 11) is 0. The summed E-state index contributed by atoms with van der Waals surface area (Å²) < 4.78 is 0. The largest absolute Gasteiger partial charge is 0.508 e. The van der Waals surface area contributed by atoms with Crippen molar-refractivity contribution in [1.29, 1.82) is 0 Å². The molecule has 1 aromatic rings. The molecule has 0 unspecified atom stereocenters. The fourth-order valence-corrected chi connectivity index (χ4v) is 2.19. The molecule has 0 saturated heterocycles. The standard InChI is InChI=1S/C16H15NO4/c1-9-6-12(19)4-5-13(9)17(11(3)18)14-8-15(20)10(2)7-16(14)21/h4-8,19H,1-3H3. The second kappa shape index (κ2) is 5.36. The van der Waals surface area contributed by atoms with E-state index in [1.807, 2.05) is 0 Å². The maximum atomic E-state index is 12.1. The minimum Gasteiger partial charge on any atom is -0.508 e. The SMILES string of the molecule is CC(=O)N(C1=CC(=O)C(C)=CC1=O)c1ccc(O)cc1C. The minimum atomic E-state index is -0.394. The topological polar surface area (TPSA) is 74.7 Å². The zero-order valence-corrected chi connectivity index (χ0v) is 12.0. The molecule has 1 N–H and O–H groups in total. The maximum absolute atomic E-state index is 12.1. The van der Waals surface area contributed by atoms with Crippen LogP contribution in [-0.4, -0.2) is 22.6 Å². The zero-order valence-electron chi connectivity index (χ0n) is 12.0. The van der Waals surface area contributed by atoms with Crippen LogP contribution in [0.1, 0.15) is 19.4 Å². The average molecular weight is 285 g/mol. The lowest BCUT2D eigenvalue weighted by Gasteiger charge is -2.25. The number of nitrogens with zero attached hydrogens (tertiary/aromatic N) is 1. The van der Waals surface area contributed by atoms with E-state index in [1.54, 1.807) is 13.8 Å². The number of amides is 1. The predicted octanol–water partition coefficient (Wildman–Crippen LogP) is 2.04. The van der Waals surface area contributed by atoms with Crippen LogP contribution in [0.3, 0.4) is 0 Å². The van der Waals surface area contributed by atoms with Gasteiger partial charge in [0.15, 0.2) is 5.78 Å². The van der Waals surface area contributed by atoms with Crippen LogP contribution in [0.4, 0.5) is 5.69 Å². The molecule has 5 nitrogen and oxygen atoms in total. The van der Waals surface area contributed by atoms with E-state index in [2.05, 4.69) is 0 Å². The molecule has 0 fully saturated rings. The predicted molar refractivity (Wildman–Crippen MR) is 77.9 cm³/mol. The number of rotatable bonds is 2. The molecule has 0 radical (unpaired) electrons. The molecule has 108 valence electrons. The fourth-order valence-electron chi connectivity index (χ4n) is 2.19. The van der Waals surface area contributed by atoms with Gasteiger partial charge in [-0.1, -0.05) is 0 Å². The molecule has 1 aromatic carbocycles. The molecule has 0 aromatic heterocycles. The molecule has 2 rings (SSSR count). The minimum absolute atomic E-state index is 0.0203. The Bertz CT molecular complexity index is 713. The fraction of sp³-hybridized carbons (Fsp3) is 0.188. The Morgan fingerprint density at radius 2 is 1.76 bits per heavy atom. The molecule has 5 heteroatoms. The van der Waals surface area contributed by atoms with Gasteiger partial charge >= 0.3 is 0 Å². The summed E-state index contributed by atoms with van der Waals surface area (Å²) in [5.41, 5.74) is 1.44. The lowest BCUT2D eigenvalue weighted by Crippen LogP contribution is -2.34. The third-order valence-corrected chi connectivity index (χ3v) is 3.23. The van der Waals surface area contributed by atoms with Crippen LogP contribution in [-0.2, 0) is 14.4 Å². The summed E-state index contributed by atoms with van der Waals surface area (Å²) in [6.07, 6.45) is 2.40. The third kappa shape index (κ3) is 2.76. The highest BCUT2D eigenvalue weighted by Crippen LogP contribution is 2.29. The van der Waals surface area contributed by atoms with E-state index < -0.39 is 5.78 Å². The van der Waals surface area contributed by atoms with Crippen molar-refractivity contribution < 1.29 is 19.5 Å². The highest BCUT2D eigenvalue weighted by atomic mass is 16.3. The van der Waals surface area contributed by atoms with E-state index in [4.69, 9.17) is 0 Å². The summed E-state index contributed by atoms with van der Waals surface area (Å²) in [4.78, 5) is 37.0. The zero-order chi connectivity index (χ0) is 15.7. The maximum Gasteiger partial charge on any atom is 0.228 e. The Morgan fingerprint density at radius 1 is 1.10 bits per heavy atom. The Labute approximate surface area is 122 Å². The van der Waals surface area contributed by atoms with Crippen LogP contribution in [0.25, 0.3) is 0 Å². The summed E-state index contributed by atoms with van der Waals surface area (Å²) >= 11 is 0. The summed E-state index contributed by atoms with van der Waals surface area (Å²) in [5, 5.41) is 9.45. The van der Waals surface area contributed by atoms with Gasteiger partial charge in [0.1, 0.15) is 11.4 Å². The van der Waals surface area contributed by atoms with E-state index >= 15 is 0 Å². The summed E-state index contributed by atoms with van der Waals surface area (Å²) in [6.45, 7) is 4.58. The molecule has 1 aliphatic carbocycles. The first-order valence-electron chi connectivity index (χ1n) is 6.40. The van der Waals surface area contributed by atoms with Crippen LogP contribution < -0.4 is 4.90 Å². The van der Waals surface area contributed by atoms with Crippen LogP contribution in [0, 0.1) is 6.92 Å². The van der Waals surface area contributed by atoms with Gasteiger partial charge in [-0.05, 0) is 43.7 Å². The third-order valence-electron chi connectivity index (χ3n) is 3.23. The molecule has 0 bridgehead atoms. The van der Waals surface area contributed by atoms with Gasteiger partial charge in [0.25, 0.3) is 0 Å². The normalized spacial score (nSPS) is 14.6. The number of aryl methyl sites for hydroxylation is 1.